The lowest BCUT2D eigenvalue weighted by molar-refractivity contribution is 0.0651. The Morgan fingerprint density at radius 1 is 1.41 bits per heavy atom. The molecule has 2 aromatic rings. The Morgan fingerprint density at radius 2 is 2.14 bits per heavy atom. The molecule has 0 saturated carbocycles. The highest BCUT2D eigenvalue weighted by Crippen LogP contribution is 2.31. The van der Waals surface area contributed by atoms with Crippen molar-refractivity contribution in [2.75, 3.05) is 26.8 Å². The Bertz CT molecular complexity index is 683. The van der Waals surface area contributed by atoms with E-state index in [2.05, 4.69) is 0 Å². The second-order valence-corrected chi connectivity index (χ2v) is 5.81. The van der Waals surface area contributed by atoms with Gasteiger partial charge in [0.05, 0.1) is 12.7 Å². The number of carbonyl (C=O) groups is 1. The summed E-state index contributed by atoms with van der Waals surface area (Å²) in [4.78, 5) is 14.7. The summed E-state index contributed by atoms with van der Waals surface area (Å²) in [6.45, 7) is 3.38. The molecule has 1 aromatic carbocycles. The predicted octanol–water partition coefficient (Wildman–Crippen LogP) is 2.59. The van der Waals surface area contributed by atoms with Crippen molar-refractivity contribution in [3.63, 3.8) is 0 Å². The first kappa shape index (κ1) is 14.9. The van der Waals surface area contributed by atoms with Gasteiger partial charge >= 0.3 is 0 Å². The number of likely N-dealkylation sites (tertiary alicyclic amines) is 1. The van der Waals surface area contributed by atoms with Gasteiger partial charge in [0.25, 0.3) is 5.91 Å². The zero-order chi connectivity index (χ0) is 15.7. The van der Waals surface area contributed by atoms with E-state index in [9.17, 15) is 9.90 Å². The molecule has 118 valence electrons. The van der Waals surface area contributed by atoms with E-state index in [0.717, 1.165) is 18.2 Å². The number of rotatable bonds is 3. The van der Waals surface area contributed by atoms with Crippen molar-refractivity contribution >= 4 is 16.9 Å². The van der Waals surface area contributed by atoms with Gasteiger partial charge in [-0.25, -0.2) is 0 Å². The highest BCUT2D eigenvalue weighted by Gasteiger charge is 2.27. The Hall–Kier alpha value is -2.01. The number of furan rings is 1. The van der Waals surface area contributed by atoms with E-state index in [4.69, 9.17) is 9.15 Å². The molecule has 1 aliphatic heterocycles. The first-order chi connectivity index (χ1) is 10.6. The van der Waals surface area contributed by atoms with Crippen LogP contribution in [0.3, 0.4) is 0 Å². The highest BCUT2D eigenvalue weighted by atomic mass is 16.5. The SMILES string of the molecule is COc1ccc2oc(C)c(C(=O)N3CCC(CO)CC3)c2c1. The van der Waals surface area contributed by atoms with Crippen molar-refractivity contribution in [3.05, 3.63) is 29.5 Å². The third-order valence-electron chi connectivity index (χ3n) is 4.44. The van der Waals surface area contributed by atoms with Crippen molar-refractivity contribution in [2.45, 2.75) is 19.8 Å². The third-order valence-corrected chi connectivity index (χ3v) is 4.44. The molecule has 0 radical (unpaired) electrons. The van der Waals surface area contributed by atoms with Gasteiger partial charge in [-0.1, -0.05) is 0 Å². The summed E-state index contributed by atoms with van der Waals surface area (Å²) in [5, 5.41) is 10.0. The second kappa shape index (κ2) is 6.01. The fourth-order valence-corrected chi connectivity index (χ4v) is 3.07. The topological polar surface area (TPSA) is 62.9 Å². The van der Waals surface area contributed by atoms with Crippen molar-refractivity contribution in [2.24, 2.45) is 5.92 Å². The number of carbonyl (C=O) groups excluding carboxylic acids is 1. The number of piperidine rings is 1. The quantitative estimate of drug-likeness (QED) is 0.946. The molecule has 0 unspecified atom stereocenters. The summed E-state index contributed by atoms with van der Waals surface area (Å²) < 4.78 is 11.0. The van der Waals surface area contributed by atoms with Gasteiger partial charge in [0, 0.05) is 25.1 Å². The van der Waals surface area contributed by atoms with Crippen LogP contribution in [0.15, 0.2) is 22.6 Å². The molecule has 5 nitrogen and oxygen atoms in total. The van der Waals surface area contributed by atoms with Gasteiger partial charge in [0.2, 0.25) is 0 Å². The van der Waals surface area contributed by atoms with Crippen molar-refractivity contribution in [1.29, 1.82) is 0 Å². The fraction of sp³-hybridized carbons (Fsp3) is 0.471. The molecule has 2 heterocycles. The maximum atomic E-state index is 12.9. The van der Waals surface area contributed by atoms with Gasteiger partial charge in [-0.15, -0.1) is 0 Å². The number of aliphatic hydroxyl groups excluding tert-OH is 1. The van der Waals surface area contributed by atoms with Crippen LogP contribution < -0.4 is 4.74 Å². The molecule has 1 aliphatic rings. The van der Waals surface area contributed by atoms with E-state index < -0.39 is 0 Å². The van der Waals surface area contributed by atoms with Crippen LogP contribution in [0.2, 0.25) is 0 Å². The van der Waals surface area contributed by atoms with Gasteiger partial charge in [-0.05, 0) is 43.9 Å². The Labute approximate surface area is 129 Å². The summed E-state index contributed by atoms with van der Waals surface area (Å²) >= 11 is 0. The molecule has 0 spiro atoms. The number of ether oxygens (including phenoxy) is 1. The molecule has 1 aromatic heterocycles. The van der Waals surface area contributed by atoms with Gasteiger partial charge in [-0.3, -0.25) is 4.79 Å². The lowest BCUT2D eigenvalue weighted by Crippen LogP contribution is -2.39. The van der Waals surface area contributed by atoms with E-state index in [1.54, 1.807) is 7.11 Å². The summed E-state index contributed by atoms with van der Waals surface area (Å²) in [6, 6.07) is 5.50. The van der Waals surface area contributed by atoms with Gasteiger partial charge in [0.15, 0.2) is 0 Å². The van der Waals surface area contributed by atoms with Crippen LogP contribution in [0.1, 0.15) is 29.0 Å². The first-order valence-corrected chi connectivity index (χ1v) is 7.61. The number of hydrogen-bond acceptors (Lipinski definition) is 4. The number of aliphatic hydroxyl groups is 1. The van der Waals surface area contributed by atoms with Gasteiger partial charge in [0.1, 0.15) is 17.1 Å². The molecular formula is C17H21NO4. The zero-order valence-corrected chi connectivity index (χ0v) is 13.0. The van der Waals surface area contributed by atoms with Crippen molar-refractivity contribution in [3.8, 4) is 5.75 Å². The van der Waals surface area contributed by atoms with E-state index in [-0.39, 0.29) is 12.5 Å². The predicted molar refractivity (Wildman–Crippen MR) is 83.2 cm³/mol. The van der Waals surface area contributed by atoms with Crippen LogP contribution >= 0.6 is 0 Å². The van der Waals surface area contributed by atoms with Crippen LogP contribution in [0.5, 0.6) is 5.75 Å². The minimum Gasteiger partial charge on any atom is -0.497 e. The van der Waals surface area contributed by atoms with Crippen LogP contribution in [0.25, 0.3) is 11.0 Å². The molecule has 5 heteroatoms. The molecule has 1 fully saturated rings. The zero-order valence-electron chi connectivity index (χ0n) is 13.0. The maximum absolute atomic E-state index is 12.9. The Morgan fingerprint density at radius 3 is 2.77 bits per heavy atom. The average molecular weight is 303 g/mol. The second-order valence-electron chi connectivity index (χ2n) is 5.81. The number of fused-ring (bicyclic) bond motifs is 1. The normalized spacial score (nSPS) is 16.2. The molecule has 1 amide bonds. The molecule has 0 bridgehead atoms. The van der Waals surface area contributed by atoms with Crippen LogP contribution in [-0.2, 0) is 0 Å². The van der Waals surface area contributed by atoms with Crippen molar-refractivity contribution < 1.29 is 19.1 Å². The fourth-order valence-electron chi connectivity index (χ4n) is 3.07. The number of amides is 1. The lowest BCUT2D eigenvalue weighted by Gasteiger charge is -2.31. The first-order valence-electron chi connectivity index (χ1n) is 7.61. The number of benzene rings is 1. The van der Waals surface area contributed by atoms with E-state index >= 15 is 0 Å². The van der Waals surface area contributed by atoms with E-state index in [0.29, 0.717) is 41.7 Å². The lowest BCUT2D eigenvalue weighted by atomic mass is 9.97. The summed E-state index contributed by atoms with van der Waals surface area (Å²) in [5.41, 5.74) is 1.32. The molecule has 3 rings (SSSR count). The summed E-state index contributed by atoms with van der Waals surface area (Å²) in [6.07, 6.45) is 1.70. The molecule has 0 atom stereocenters. The summed E-state index contributed by atoms with van der Waals surface area (Å²) in [5.74, 6) is 1.66. The smallest absolute Gasteiger partial charge is 0.258 e. The largest absolute Gasteiger partial charge is 0.497 e. The van der Waals surface area contributed by atoms with Crippen LogP contribution in [-0.4, -0.2) is 42.7 Å². The molecule has 1 saturated heterocycles. The number of nitrogens with zero attached hydrogens (tertiary/aromatic N) is 1. The monoisotopic (exact) mass is 303 g/mol. The summed E-state index contributed by atoms with van der Waals surface area (Å²) in [7, 11) is 1.61. The van der Waals surface area contributed by atoms with Gasteiger partial charge < -0.3 is 19.2 Å². The molecular weight excluding hydrogens is 282 g/mol. The van der Waals surface area contributed by atoms with E-state index in [1.165, 1.54) is 0 Å². The number of aryl methyl sites for hydroxylation is 1. The number of methoxy groups -OCH3 is 1. The standard InChI is InChI=1S/C17H21NO4/c1-11-16(14-9-13(21-2)3-4-15(14)22-11)17(20)18-7-5-12(10-19)6-8-18/h3-4,9,12,19H,5-8,10H2,1-2H3. The highest BCUT2D eigenvalue weighted by molar-refractivity contribution is 6.07. The van der Waals surface area contributed by atoms with Crippen LogP contribution in [0.4, 0.5) is 0 Å². The number of hydrogen-bond donors (Lipinski definition) is 1. The maximum Gasteiger partial charge on any atom is 0.258 e. The minimum absolute atomic E-state index is 0.000827. The molecule has 22 heavy (non-hydrogen) atoms. The van der Waals surface area contributed by atoms with Crippen molar-refractivity contribution in [1.82, 2.24) is 4.90 Å². The molecule has 1 N–H and O–H groups in total. The third kappa shape index (κ3) is 2.57. The Balaban J connectivity index is 1.92. The average Bonchev–Trinajstić information content (AvgIpc) is 2.89. The van der Waals surface area contributed by atoms with E-state index in [1.807, 2.05) is 30.0 Å². The molecule has 0 aliphatic carbocycles. The minimum atomic E-state index is 0.000827. The van der Waals surface area contributed by atoms with Crippen LogP contribution in [0, 0.1) is 12.8 Å². The Kier molecular flexibility index (Phi) is 4.07. The van der Waals surface area contributed by atoms with Gasteiger partial charge in [-0.2, -0.15) is 0 Å².